The second-order valence-electron chi connectivity index (χ2n) is 6.20. The van der Waals surface area contributed by atoms with E-state index in [-0.39, 0.29) is 18.6 Å². The van der Waals surface area contributed by atoms with Gasteiger partial charge in [0.05, 0.1) is 13.3 Å². The van der Waals surface area contributed by atoms with Gasteiger partial charge in [-0.3, -0.25) is 4.79 Å². The van der Waals surface area contributed by atoms with E-state index in [2.05, 4.69) is 22.0 Å². The summed E-state index contributed by atoms with van der Waals surface area (Å²) in [7, 11) is 2.96. The molecule has 0 aliphatic carbocycles. The highest BCUT2D eigenvalue weighted by atomic mass is 16.5. The van der Waals surface area contributed by atoms with Crippen LogP contribution in [0.2, 0.25) is 0 Å². The summed E-state index contributed by atoms with van der Waals surface area (Å²) in [5.41, 5.74) is 2.10. The average Bonchev–Trinajstić information content (AvgIpc) is 3.28. The molecule has 0 radical (unpaired) electrons. The molecule has 2 N–H and O–H groups in total. The Morgan fingerprint density at radius 1 is 1.39 bits per heavy atom. The Morgan fingerprint density at radius 2 is 2.18 bits per heavy atom. The van der Waals surface area contributed by atoms with Crippen molar-refractivity contribution in [3.05, 3.63) is 60.4 Å². The van der Waals surface area contributed by atoms with Crippen LogP contribution >= 0.6 is 0 Å². The molecule has 0 aliphatic rings. The molecule has 8 heteroatoms. The molecule has 0 bridgehead atoms. The van der Waals surface area contributed by atoms with Gasteiger partial charge in [0.25, 0.3) is 5.91 Å². The Kier molecular flexibility index (Phi) is 5.78. The molecule has 0 fully saturated rings. The van der Waals surface area contributed by atoms with E-state index in [9.17, 15) is 9.59 Å². The van der Waals surface area contributed by atoms with Gasteiger partial charge < -0.3 is 19.8 Å². The number of carbonyl (C=O) groups is 2. The molecule has 0 aliphatic heterocycles. The quantitative estimate of drug-likeness (QED) is 0.459. The van der Waals surface area contributed by atoms with Crippen molar-refractivity contribution < 1.29 is 19.1 Å². The van der Waals surface area contributed by atoms with Crippen LogP contribution in [-0.2, 0) is 23.0 Å². The molecule has 3 aromatic rings. The van der Waals surface area contributed by atoms with Crippen LogP contribution in [0, 0.1) is 0 Å². The van der Waals surface area contributed by atoms with E-state index in [0.29, 0.717) is 5.88 Å². The predicted octanol–water partition coefficient (Wildman–Crippen LogP) is 1.98. The highest BCUT2D eigenvalue weighted by Crippen LogP contribution is 2.21. The van der Waals surface area contributed by atoms with Crippen LogP contribution in [0.3, 0.4) is 0 Å². The van der Waals surface area contributed by atoms with Gasteiger partial charge in [-0.05, 0) is 11.6 Å². The molecule has 8 nitrogen and oxygen atoms in total. The van der Waals surface area contributed by atoms with E-state index in [0.717, 1.165) is 16.5 Å². The van der Waals surface area contributed by atoms with Crippen molar-refractivity contribution >= 4 is 22.8 Å². The number of H-pyrrole nitrogens is 1. The molecule has 0 spiro atoms. The van der Waals surface area contributed by atoms with Crippen molar-refractivity contribution in [3.8, 4) is 5.88 Å². The number of methoxy groups -OCH3 is 1. The Hall–Kier alpha value is -3.55. The number of hydrogen-bond donors (Lipinski definition) is 2. The van der Waals surface area contributed by atoms with Crippen molar-refractivity contribution in [2.45, 2.75) is 12.5 Å². The summed E-state index contributed by atoms with van der Waals surface area (Å²) >= 11 is 0. The van der Waals surface area contributed by atoms with Gasteiger partial charge in [0.1, 0.15) is 18.2 Å². The van der Waals surface area contributed by atoms with Crippen molar-refractivity contribution in [2.24, 2.45) is 7.05 Å². The summed E-state index contributed by atoms with van der Waals surface area (Å²) < 4.78 is 11.8. The largest absolute Gasteiger partial charge is 0.473 e. The van der Waals surface area contributed by atoms with Gasteiger partial charge in [0.2, 0.25) is 5.88 Å². The molecular formula is C20H22N4O4. The highest BCUT2D eigenvalue weighted by Gasteiger charge is 2.26. The third-order valence-electron chi connectivity index (χ3n) is 4.36. The lowest BCUT2D eigenvalue weighted by molar-refractivity contribution is -0.142. The molecule has 1 aromatic carbocycles. The Labute approximate surface area is 162 Å². The van der Waals surface area contributed by atoms with Crippen LogP contribution in [0.1, 0.15) is 15.9 Å². The van der Waals surface area contributed by atoms with Gasteiger partial charge in [-0.25, -0.2) is 9.48 Å². The van der Waals surface area contributed by atoms with E-state index >= 15 is 0 Å². The first kappa shape index (κ1) is 19.2. The predicted molar refractivity (Wildman–Crippen MR) is 104 cm³/mol. The first-order chi connectivity index (χ1) is 13.5. The van der Waals surface area contributed by atoms with Crippen LogP contribution < -0.4 is 10.1 Å². The van der Waals surface area contributed by atoms with E-state index in [1.165, 1.54) is 18.0 Å². The molecule has 1 atom stereocenters. The monoisotopic (exact) mass is 382 g/mol. The van der Waals surface area contributed by atoms with Gasteiger partial charge in [-0.2, -0.15) is 5.10 Å². The van der Waals surface area contributed by atoms with Gasteiger partial charge in [-0.15, -0.1) is 0 Å². The topological polar surface area (TPSA) is 98.2 Å². The average molecular weight is 382 g/mol. The number of ether oxygens (including phenoxy) is 2. The Balaban J connectivity index is 1.82. The molecule has 0 unspecified atom stereocenters. The summed E-state index contributed by atoms with van der Waals surface area (Å²) in [6.07, 6.45) is 5.08. The van der Waals surface area contributed by atoms with E-state index < -0.39 is 17.9 Å². The van der Waals surface area contributed by atoms with Gasteiger partial charge >= 0.3 is 5.97 Å². The molecule has 3 rings (SSSR count). The summed E-state index contributed by atoms with van der Waals surface area (Å²) in [5, 5.41) is 7.77. The molecule has 1 amide bonds. The maximum Gasteiger partial charge on any atom is 0.328 e. The van der Waals surface area contributed by atoms with E-state index in [4.69, 9.17) is 9.47 Å². The number of amides is 1. The number of benzene rings is 1. The standard InChI is InChI=1S/C20H22N4O4/c1-4-9-28-19-15(12-22-24(19)2)18(25)23-17(20(26)27-3)10-13-11-21-16-8-6-5-7-14(13)16/h4-8,11-12,17,21H,1,9-10H2,2-3H3,(H,23,25)/t17-/m0/s1. The number of fused-ring (bicyclic) bond motifs is 1. The lowest BCUT2D eigenvalue weighted by Crippen LogP contribution is -2.43. The van der Waals surface area contributed by atoms with Crippen molar-refractivity contribution in [3.63, 3.8) is 0 Å². The smallest absolute Gasteiger partial charge is 0.328 e. The summed E-state index contributed by atoms with van der Waals surface area (Å²) in [6.45, 7) is 3.83. The first-order valence-electron chi connectivity index (χ1n) is 8.74. The number of hydrogen-bond acceptors (Lipinski definition) is 5. The molecule has 0 saturated heterocycles. The summed E-state index contributed by atoms with van der Waals surface area (Å²) in [6, 6.07) is 6.90. The lowest BCUT2D eigenvalue weighted by Gasteiger charge is -2.16. The number of para-hydroxylation sites is 1. The number of aromatic amines is 1. The first-order valence-corrected chi connectivity index (χ1v) is 8.74. The SMILES string of the molecule is C=CCOc1c(C(=O)N[C@@H](Cc2c[nH]c3ccccc23)C(=O)OC)cnn1C. The number of carbonyl (C=O) groups excluding carboxylic acids is 2. The normalized spacial score (nSPS) is 11.8. The van der Waals surface area contributed by atoms with Crippen LogP contribution in [0.25, 0.3) is 10.9 Å². The third-order valence-corrected chi connectivity index (χ3v) is 4.36. The molecule has 2 aromatic heterocycles. The molecular weight excluding hydrogens is 360 g/mol. The van der Waals surface area contributed by atoms with Crippen molar-refractivity contribution in [1.29, 1.82) is 0 Å². The van der Waals surface area contributed by atoms with Gasteiger partial charge in [-0.1, -0.05) is 30.9 Å². The molecule has 28 heavy (non-hydrogen) atoms. The summed E-state index contributed by atoms with van der Waals surface area (Å²) in [5.74, 6) is -0.702. The molecule has 2 heterocycles. The fraction of sp³-hybridized carbons (Fsp3) is 0.250. The zero-order chi connectivity index (χ0) is 20.1. The number of nitrogens with one attached hydrogen (secondary N) is 2. The number of rotatable bonds is 8. The second kappa shape index (κ2) is 8.43. The van der Waals surface area contributed by atoms with Crippen LogP contribution in [-0.4, -0.2) is 46.4 Å². The van der Waals surface area contributed by atoms with Crippen LogP contribution in [0.5, 0.6) is 5.88 Å². The molecule has 146 valence electrons. The number of esters is 1. The number of aromatic nitrogens is 3. The molecule has 0 saturated carbocycles. The minimum atomic E-state index is -0.857. The van der Waals surface area contributed by atoms with Crippen molar-refractivity contribution in [1.82, 2.24) is 20.1 Å². The van der Waals surface area contributed by atoms with Crippen molar-refractivity contribution in [2.75, 3.05) is 13.7 Å². The lowest BCUT2D eigenvalue weighted by atomic mass is 10.0. The Morgan fingerprint density at radius 3 is 2.93 bits per heavy atom. The van der Waals surface area contributed by atoms with Gasteiger partial charge in [0, 0.05) is 30.6 Å². The zero-order valence-electron chi connectivity index (χ0n) is 15.8. The van der Waals surface area contributed by atoms with E-state index in [1.807, 2.05) is 30.5 Å². The zero-order valence-corrected chi connectivity index (χ0v) is 15.8. The number of aryl methyl sites for hydroxylation is 1. The minimum absolute atomic E-state index is 0.232. The fourth-order valence-electron chi connectivity index (χ4n) is 2.98. The Bertz CT molecular complexity index is 1000. The highest BCUT2D eigenvalue weighted by molar-refractivity contribution is 5.98. The van der Waals surface area contributed by atoms with E-state index in [1.54, 1.807) is 13.1 Å². The number of nitrogens with zero attached hydrogens (tertiary/aromatic N) is 2. The maximum atomic E-state index is 12.8. The minimum Gasteiger partial charge on any atom is -0.473 e. The maximum absolute atomic E-state index is 12.8. The second-order valence-corrected chi connectivity index (χ2v) is 6.20. The summed E-state index contributed by atoms with van der Waals surface area (Å²) in [4.78, 5) is 28.2. The fourth-order valence-corrected chi connectivity index (χ4v) is 2.98. The van der Waals surface area contributed by atoms with Crippen LogP contribution in [0.15, 0.2) is 49.3 Å². The van der Waals surface area contributed by atoms with Crippen LogP contribution in [0.4, 0.5) is 0 Å². The van der Waals surface area contributed by atoms with Gasteiger partial charge in [0.15, 0.2) is 0 Å². The third kappa shape index (κ3) is 3.90.